The van der Waals surface area contributed by atoms with Crippen molar-refractivity contribution in [2.45, 2.75) is 372 Å². The first-order valence-electron chi connectivity index (χ1n) is 39.3. The number of fused-ring (bicyclic) bond motifs is 15. The standard InChI is InChI=1S/3C27H46O2.CH3FS.3CH4/c3*1-5-20(28)9-7-18(3)24-11-12-25-23-10-8-19-17-27(29,6-2)16-14-21(19)22(23)13-15-26(24,25)4;1-3-2;;;/h3*8,18,20-25,28-29H,5-7,9-17H2,1-4H3;1H3;3*1H4/t18-,20?,21+,22-,23-,24-,25+,26-,27+;18-,20+,21+,22-,23-,24-,25+,26-,27+;18-,20-,21+,22-,23-,24-,25+,26-,27+;;;;/m111..../s1. The Morgan fingerprint density at radius 3 is 0.871 bits per heavy atom. The van der Waals surface area contributed by atoms with Crippen molar-refractivity contribution < 1.29 is 34.5 Å². The first kappa shape index (κ1) is 81.2. The molecule has 0 amide bonds. The molecule has 6 N–H and O–H groups in total. The van der Waals surface area contributed by atoms with E-state index in [1.807, 2.05) is 0 Å². The number of aliphatic hydroxyl groups excluding tert-OH is 3. The van der Waals surface area contributed by atoms with Crippen LogP contribution in [0.4, 0.5) is 3.89 Å². The van der Waals surface area contributed by atoms with Gasteiger partial charge in [0.15, 0.2) is 0 Å². The quantitative estimate of drug-likeness (QED) is 0.0756. The van der Waals surface area contributed by atoms with Crippen LogP contribution in [-0.4, -0.2) is 72.0 Å². The van der Waals surface area contributed by atoms with Crippen LogP contribution in [0.15, 0.2) is 34.9 Å². The van der Waals surface area contributed by atoms with Crippen LogP contribution in [0.3, 0.4) is 0 Å². The molecule has 0 aliphatic heterocycles. The van der Waals surface area contributed by atoms with Gasteiger partial charge in [-0.2, -0.15) is 3.89 Å². The molecule has 0 spiro atoms. The minimum Gasteiger partial charge on any atom is -0.393 e. The summed E-state index contributed by atoms with van der Waals surface area (Å²) in [6.45, 7) is 28.1. The van der Waals surface area contributed by atoms with E-state index in [-0.39, 0.29) is 52.7 Å². The Bertz CT molecular complexity index is 2120. The lowest BCUT2D eigenvalue weighted by Gasteiger charge is -2.55. The molecule has 0 radical (unpaired) electrons. The highest BCUT2D eigenvalue weighted by molar-refractivity contribution is 7.93. The fourth-order valence-corrected chi connectivity index (χ4v) is 25.5. The van der Waals surface area contributed by atoms with E-state index < -0.39 is 16.8 Å². The maximum atomic E-state index is 10.9. The average Bonchev–Trinajstić information content (AvgIpc) is 1.71. The molecular weight excluding hydrogens is 1170 g/mol. The summed E-state index contributed by atoms with van der Waals surface area (Å²) in [7, 11) is 0. The molecule has 0 saturated heterocycles. The maximum Gasteiger partial charge on any atom is 0.0682 e. The molecule has 0 bridgehead atoms. The summed E-state index contributed by atoms with van der Waals surface area (Å²) in [5, 5.41) is 62.7. The number of halogens is 1. The third-order valence-corrected chi connectivity index (χ3v) is 31.3. The molecule has 1 unspecified atom stereocenters. The van der Waals surface area contributed by atoms with Crippen LogP contribution < -0.4 is 0 Å². The van der Waals surface area contributed by atoms with E-state index in [0.29, 0.717) is 16.2 Å². The largest absolute Gasteiger partial charge is 0.393 e. The Kier molecular flexibility index (Phi) is 29.9. The van der Waals surface area contributed by atoms with Crippen LogP contribution >= 0.6 is 12.1 Å². The zero-order valence-electron chi connectivity index (χ0n) is 60.3. The summed E-state index contributed by atoms with van der Waals surface area (Å²) < 4.78 is 10.2. The molecule has 12 aliphatic rings. The molecule has 0 aromatic rings. The summed E-state index contributed by atoms with van der Waals surface area (Å²) in [5.41, 5.74) is 5.12. The van der Waals surface area contributed by atoms with Crippen molar-refractivity contribution in [1.29, 1.82) is 0 Å². The van der Waals surface area contributed by atoms with Crippen LogP contribution in [0.25, 0.3) is 0 Å². The van der Waals surface area contributed by atoms with Crippen molar-refractivity contribution in [3.05, 3.63) is 34.9 Å². The van der Waals surface area contributed by atoms with Crippen LogP contribution in [-0.2, 0) is 0 Å². The molecule has 9 saturated carbocycles. The van der Waals surface area contributed by atoms with Gasteiger partial charge >= 0.3 is 0 Å². The summed E-state index contributed by atoms with van der Waals surface area (Å²) in [4.78, 5) is 0. The highest BCUT2D eigenvalue weighted by atomic mass is 32.2. The SMILES string of the molecule is C.C.C.CCC(O)CC[C@@H](C)[C@H]1CC[C@H]2[C@@H]3CC=C4C[C@](O)(CC)CC[C@@H]4[C@H]3CC[C@]12C.CC[C@@H](O)CC[C@@H](C)[C@H]1CC[C@H]2[C@@H]3CC=C4C[C@](O)(CC)CC[C@@H]4[C@H]3CC[C@]12C.CC[C@H](O)CC[C@@H](C)[C@H]1CC[C@H]2[C@@H]3CC=C4C[C@](O)(CC)CC[C@@H]4[C@H]3CC[C@]12C.CSF. The van der Waals surface area contributed by atoms with E-state index in [9.17, 15) is 34.5 Å². The Labute approximate surface area is 579 Å². The van der Waals surface area contributed by atoms with Gasteiger partial charge in [-0.05, 0) is 354 Å². The van der Waals surface area contributed by atoms with Crippen molar-refractivity contribution >= 4 is 12.1 Å². The number of hydrogen-bond donors (Lipinski definition) is 6. The Morgan fingerprint density at radius 1 is 0.398 bits per heavy atom. The Morgan fingerprint density at radius 2 is 0.645 bits per heavy atom. The molecule has 93 heavy (non-hydrogen) atoms. The van der Waals surface area contributed by atoms with Crippen LogP contribution in [0.1, 0.15) is 337 Å². The van der Waals surface area contributed by atoms with Crippen LogP contribution in [0.5, 0.6) is 0 Å². The molecule has 8 heteroatoms. The molecule has 27 atom stereocenters. The fraction of sp³-hybridized carbons (Fsp3) is 0.929. The van der Waals surface area contributed by atoms with Gasteiger partial charge in [0.1, 0.15) is 0 Å². The van der Waals surface area contributed by atoms with Crippen LogP contribution in [0, 0.1) is 123 Å². The molecule has 6 nitrogen and oxygen atoms in total. The highest BCUT2D eigenvalue weighted by Gasteiger charge is 2.61. The van der Waals surface area contributed by atoms with Crippen molar-refractivity contribution in [3.8, 4) is 0 Å². The lowest BCUT2D eigenvalue weighted by Crippen LogP contribution is -2.48. The van der Waals surface area contributed by atoms with Gasteiger partial charge in [-0.3, -0.25) is 0 Å². The lowest BCUT2D eigenvalue weighted by atomic mass is 9.50. The number of aliphatic hydroxyl groups is 6. The average molecular weight is 1320 g/mol. The molecule has 12 rings (SSSR count). The number of rotatable bonds is 18. The van der Waals surface area contributed by atoms with Crippen molar-refractivity contribution in [1.82, 2.24) is 0 Å². The van der Waals surface area contributed by atoms with Gasteiger partial charge in [0.05, 0.1) is 35.1 Å². The maximum absolute atomic E-state index is 10.9. The Hall–Kier alpha value is -0.740. The topological polar surface area (TPSA) is 121 Å². The molecule has 0 heterocycles. The Balaban J connectivity index is 0.000000213. The second-order valence-electron chi connectivity index (χ2n) is 35.2. The van der Waals surface area contributed by atoms with Gasteiger partial charge in [0, 0.05) is 18.4 Å². The molecule has 542 valence electrons. The first-order chi connectivity index (χ1) is 42.8. The highest BCUT2D eigenvalue weighted by Crippen LogP contribution is 2.69. The van der Waals surface area contributed by atoms with Crippen LogP contribution in [0.2, 0.25) is 0 Å². The van der Waals surface area contributed by atoms with E-state index in [4.69, 9.17) is 0 Å². The summed E-state index contributed by atoms with van der Waals surface area (Å²) in [6.07, 6.45) is 51.0. The van der Waals surface area contributed by atoms with Gasteiger partial charge in [0.2, 0.25) is 0 Å². The van der Waals surface area contributed by atoms with E-state index in [0.717, 1.165) is 203 Å². The van der Waals surface area contributed by atoms with Gasteiger partial charge in [-0.15, -0.1) is 0 Å². The third-order valence-electron chi connectivity index (χ3n) is 31.3. The smallest absolute Gasteiger partial charge is 0.0682 e. The third kappa shape index (κ3) is 17.1. The fourth-order valence-electron chi connectivity index (χ4n) is 25.5. The second-order valence-corrected chi connectivity index (χ2v) is 35.5. The lowest BCUT2D eigenvalue weighted by molar-refractivity contribution is -0.0465. The number of hydrogen-bond acceptors (Lipinski definition) is 7. The molecular formula is C85H153FO6S. The van der Waals surface area contributed by atoms with Crippen molar-refractivity contribution in [2.24, 2.45) is 123 Å². The van der Waals surface area contributed by atoms with Crippen molar-refractivity contribution in [2.75, 3.05) is 6.26 Å². The monoisotopic (exact) mass is 1320 g/mol. The molecule has 0 aromatic carbocycles. The minimum absolute atomic E-state index is 0. The molecule has 9 fully saturated rings. The van der Waals surface area contributed by atoms with Gasteiger partial charge in [0.25, 0.3) is 0 Å². The van der Waals surface area contributed by atoms with Crippen molar-refractivity contribution in [3.63, 3.8) is 0 Å². The summed E-state index contributed by atoms with van der Waals surface area (Å²) in [5.74, 6) is 15.0. The zero-order chi connectivity index (χ0) is 65.1. The van der Waals surface area contributed by atoms with E-state index >= 15 is 0 Å². The summed E-state index contributed by atoms with van der Waals surface area (Å²) in [6, 6.07) is 0. The van der Waals surface area contributed by atoms with E-state index in [1.165, 1.54) is 141 Å². The molecule has 12 aliphatic carbocycles. The summed E-state index contributed by atoms with van der Waals surface area (Å²) >= 11 is 0.250. The predicted molar refractivity (Wildman–Crippen MR) is 396 cm³/mol. The van der Waals surface area contributed by atoms with E-state index in [2.05, 4.69) is 101 Å². The molecule has 0 aromatic heterocycles. The second kappa shape index (κ2) is 34.3. The van der Waals surface area contributed by atoms with Gasteiger partial charge in [-0.25, -0.2) is 0 Å². The minimum atomic E-state index is -0.421. The van der Waals surface area contributed by atoms with Gasteiger partial charge < -0.3 is 30.6 Å². The normalized spacial score (nSPS) is 43.5. The van der Waals surface area contributed by atoms with Gasteiger partial charge in [-0.1, -0.05) is 140 Å². The first-order valence-corrected chi connectivity index (χ1v) is 40.4. The zero-order valence-corrected chi connectivity index (χ0v) is 61.1. The number of allylic oxidation sites excluding steroid dienone is 3. The predicted octanol–water partition coefficient (Wildman–Crippen LogP) is 22.7. The van der Waals surface area contributed by atoms with E-state index in [1.54, 1.807) is 16.7 Å².